The predicted molar refractivity (Wildman–Crippen MR) is 87.6 cm³/mol. The molecule has 0 aliphatic rings. The molecular weight excluding hydrogens is 280 g/mol. The van der Waals surface area contributed by atoms with Crippen molar-refractivity contribution in [3.8, 4) is 11.3 Å². The molecule has 0 saturated heterocycles. The van der Waals surface area contributed by atoms with Gasteiger partial charge in [0.1, 0.15) is 0 Å². The maximum absolute atomic E-state index is 4.51. The molecule has 0 saturated carbocycles. The number of nitrogens with one attached hydrogen (secondary N) is 1. The van der Waals surface area contributed by atoms with E-state index in [0.717, 1.165) is 28.5 Å². The maximum Gasteiger partial charge on any atom is 0.0901 e. The van der Waals surface area contributed by atoms with E-state index in [1.807, 2.05) is 24.9 Å². The van der Waals surface area contributed by atoms with Gasteiger partial charge in [0, 0.05) is 41.5 Å². The van der Waals surface area contributed by atoms with Gasteiger partial charge in [0.25, 0.3) is 0 Å². The Kier molecular flexibility index (Phi) is 3.75. The molecule has 0 amide bonds. The van der Waals surface area contributed by atoms with Crippen LogP contribution >= 0.6 is 11.3 Å². The molecule has 108 valence electrons. The summed E-state index contributed by atoms with van der Waals surface area (Å²) >= 11 is 1.68. The normalized spacial score (nSPS) is 10.8. The van der Waals surface area contributed by atoms with Gasteiger partial charge in [0.2, 0.25) is 0 Å². The van der Waals surface area contributed by atoms with Crippen LogP contribution in [0.15, 0.2) is 35.8 Å². The Morgan fingerprint density at radius 2 is 1.95 bits per heavy atom. The van der Waals surface area contributed by atoms with Crippen molar-refractivity contribution in [3.05, 3.63) is 52.1 Å². The lowest BCUT2D eigenvalue weighted by atomic mass is 10.1. The van der Waals surface area contributed by atoms with Crippen LogP contribution in [0.25, 0.3) is 11.3 Å². The van der Waals surface area contributed by atoms with Gasteiger partial charge in [-0.3, -0.25) is 4.68 Å². The number of thiazole rings is 1. The van der Waals surface area contributed by atoms with Crippen molar-refractivity contribution in [2.24, 2.45) is 7.05 Å². The fraction of sp³-hybridized carbons (Fsp3) is 0.250. The highest BCUT2D eigenvalue weighted by molar-refractivity contribution is 7.09. The van der Waals surface area contributed by atoms with E-state index in [9.17, 15) is 0 Å². The summed E-state index contributed by atoms with van der Waals surface area (Å²) in [7, 11) is 1.96. The number of anilines is 1. The van der Waals surface area contributed by atoms with E-state index >= 15 is 0 Å². The van der Waals surface area contributed by atoms with Crippen molar-refractivity contribution in [2.45, 2.75) is 20.4 Å². The van der Waals surface area contributed by atoms with Crippen LogP contribution in [0.3, 0.4) is 0 Å². The second-order valence-corrected chi connectivity index (χ2v) is 6.12. The Morgan fingerprint density at radius 3 is 2.52 bits per heavy atom. The van der Waals surface area contributed by atoms with Gasteiger partial charge in [-0.15, -0.1) is 11.3 Å². The highest BCUT2D eigenvalue weighted by atomic mass is 32.1. The number of hydrogen-bond donors (Lipinski definition) is 1. The quantitative estimate of drug-likeness (QED) is 0.797. The number of benzene rings is 1. The highest BCUT2D eigenvalue weighted by Gasteiger charge is 2.04. The summed E-state index contributed by atoms with van der Waals surface area (Å²) < 4.78 is 1.89. The molecule has 21 heavy (non-hydrogen) atoms. The number of aryl methyl sites for hydroxylation is 2. The second kappa shape index (κ2) is 5.69. The van der Waals surface area contributed by atoms with Gasteiger partial charge in [-0.05, 0) is 26.0 Å². The van der Waals surface area contributed by atoms with Crippen molar-refractivity contribution in [1.29, 1.82) is 0 Å². The summed E-state index contributed by atoms with van der Waals surface area (Å²) in [5.74, 6) is 0. The van der Waals surface area contributed by atoms with E-state index in [1.165, 1.54) is 11.3 Å². The van der Waals surface area contributed by atoms with Crippen molar-refractivity contribution in [2.75, 3.05) is 5.32 Å². The minimum absolute atomic E-state index is 0.787. The van der Waals surface area contributed by atoms with Crippen LogP contribution in [-0.4, -0.2) is 14.8 Å². The average Bonchev–Trinajstić information content (AvgIpc) is 3.06. The van der Waals surface area contributed by atoms with E-state index in [4.69, 9.17) is 0 Å². The largest absolute Gasteiger partial charge is 0.381 e. The van der Waals surface area contributed by atoms with Gasteiger partial charge in [-0.1, -0.05) is 12.1 Å². The first-order valence-corrected chi connectivity index (χ1v) is 7.75. The SMILES string of the molecule is Cc1nc(-c2ccc(NCc3cnn(C)c3C)cc2)cs1. The molecule has 0 atom stereocenters. The van der Waals surface area contributed by atoms with Gasteiger partial charge in [-0.25, -0.2) is 4.98 Å². The Hall–Kier alpha value is -2.14. The molecule has 0 fully saturated rings. The third-order valence-electron chi connectivity index (χ3n) is 3.62. The molecule has 1 N–H and O–H groups in total. The van der Waals surface area contributed by atoms with E-state index < -0.39 is 0 Å². The average molecular weight is 298 g/mol. The zero-order valence-corrected chi connectivity index (χ0v) is 13.2. The lowest BCUT2D eigenvalue weighted by molar-refractivity contribution is 0.738. The van der Waals surface area contributed by atoms with Crippen LogP contribution in [0, 0.1) is 13.8 Å². The summed E-state index contributed by atoms with van der Waals surface area (Å²) in [4.78, 5) is 4.51. The zero-order chi connectivity index (χ0) is 14.8. The van der Waals surface area contributed by atoms with Crippen LogP contribution < -0.4 is 5.32 Å². The van der Waals surface area contributed by atoms with Crippen molar-refractivity contribution < 1.29 is 0 Å². The molecule has 3 rings (SSSR count). The Balaban J connectivity index is 1.68. The van der Waals surface area contributed by atoms with Crippen LogP contribution in [0.4, 0.5) is 5.69 Å². The number of rotatable bonds is 4. The van der Waals surface area contributed by atoms with Crippen LogP contribution in [-0.2, 0) is 13.6 Å². The molecule has 5 heteroatoms. The number of aromatic nitrogens is 3. The summed E-state index contributed by atoms with van der Waals surface area (Å²) in [5, 5.41) is 10.9. The Labute approximate surface area is 128 Å². The zero-order valence-electron chi connectivity index (χ0n) is 12.4. The smallest absolute Gasteiger partial charge is 0.0901 e. The van der Waals surface area contributed by atoms with Gasteiger partial charge < -0.3 is 5.32 Å². The molecule has 4 nitrogen and oxygen atoms in total. The van der Waals surface area contributed by atoms with E-state index in [-0.39, 0.29) is 0 Å². The van der Waals surface area contributed by atoms with Crippen molar-refractivity contribution in [3.63, 3.8) is 0 Å². The van der Waals surface area contributed by atoms with E-state index in [1.54, 1.807) is 11.3 Å². The molecule has 0 spiro atoms. The molecule has 1 aromatic carbocycles. The third kappa shape index (κ3) is 2.97. The van der Waals surface area contributed by atoms with Crippen molar-refractivity contribution >= 4 is 17.0 Å². The Bertz CT molecular complexity index is 740. The summed E-state index contributed by atoms with van der Waals surface area (Å²) in [6.45, 7) is 4.90. The molecule has 0 bridgehead atoms. The minimum Gasteiger partial charge on any atom is -0.381 e. The molecular formula is C16H18N4S. The molecule has 0 radical (unpaired) electrons. The molecule has 2 aromatic heterocycles. The number of nitrogens with zero attached hydrogens (tertiary/aromatic N) is 3. The van der Waals surface area contributed by atoms with Crippen LogP contribution in [0.2, 0.25) is 0 Å². The minimum atomic E-state index is 0.787. The summed E-state index contributed by atoms with van der Waals surface area (Å²) in [6, 6.07) is 8.39. The highest BCUT2D eigenvalue weighted by Crippen LogP contribution is 2.23. The van der Waals surface area contributed by atoms with Gasteiger partial charge in [-0.2, -0.15) is 5.10 Å². The van der Waals surface area contributed by atoms with Gasteiger partial charge >= 0.3 is 0 Å². The Morgan fingerprint density at radius 1 is 1.19 bits per heavy atom. The third-order valence-corrected chi connectivity index (χ3v) is 4.39. The topological polar surface area (TPSA) is 42.7 Å². The summed E-state index contributed by atoms with van der Waals surface area (Å²) in [5.41, 5.74) is 5.72. The second-order valence-electron chi connectivity index (χ2n) is 5.06. The van der Waals surface area contributed by atoms with Gasteiger partial charge in [0.05, 0.1) is 16.9 Å². The van der Waals surface area contributed by atoms with Crippen molar-refractivity contribution in [1.82, 2.24) is 14.8 Å². The molecule has 0 aliphatic heterocycles. The fourth-order valence-electron chi connectivity index (χ4n) is 2.17. The summed E-state index contributed by atoms with van der Waals surface area (Å²) in [6.07, 6.45) is 1.91. The fourth-order valence-corrected chi connectivity index (χ4v) is 2.79. The number of hydrogen-bond acceptors (Lipinski definition) is 4. The lowest BCUT2D eigenvalue weighted by Crippen LogP contribution is -2.01. The molecule has 0 unspecified atom stereocenters. The first-order chi connectivity index (χ1) is 10.1. The van der Waals surface area contributed by atoms with Crippen LogP contribution in [0.1, 0.15) is 16.3 Å². The first kappa shape index (κ1) is 13.8. The monoisotopic (exact) mass is 298 g/mol. The molecule has 2 heterocycles. The van der Waals surface area contributed by atoms with Gasteiger partial charge in [0.15, 0.2) is 0 Å². The molecule has 3 aromatic rings. The lowest BCUT2D eigenvalue weighted by Gasteiger charge is -2.07. The standard InChI is InChI=1S/C16H18N4S/c1-11-14(9-18-20(11)3)8-17-15-6-4-13(5-7-15)16-10-21-12(2)19-16/h4-7,9-10,17H,8H2,1-3H3. The predicted octanol–water partition coefficient (Wildman–Crippen LogP) is 3.77. The maximum atomic E-state index is 4.51. The molecule has 0 aliphatic carbocycles. The van der Waals surface area contributed by atoms with E-state index in [0.29, 0.717) is 0 Å². The van der Waals surface area contributed by atoms with Crippen LogP contribution in [0.5, 0.6) is 0 Å². The van der Waals surface area contributed by atoms with E-state index in [2.05, 4.69) is 52.0 Å². The first-order valence-electron chi connectivity index (χ1n) is 6.87.